The van der Waals surface area contributed by atoms with Crippen LogP contribution in [0.5, 0.6) is 0 Å². The molecule has 2 rings (SSSR count). The SMILES string of the molecule is Cc1nonc1CC1(C(=O)O)CCNC1. The highest BCUT2D eigenvalue weighted by molar-refractivity contribution is 5.75. The minimum absolute atomic E-state index is 0.380. The normalized spacial score (nSPS) is 25.7. The summed E-state index contributed by atoms with van der Waals surface area (Å²) in [6.45, 7) is 2.98. The Bertz CT molecular complexity index is 368. The Labute approximate surface area is 86.6 Å². The first-order valence-corrected chi connectivity index (χ1v) is 4.86. The molecule has 0 saturated carbocycles. The van der Waals surface area contributed by atoms with Gasteiger partial charge in [-0.3, -0.25) is 4.79 Å². The van der Waals surface area contributed by atoms with Crippen LogP contribution in [0.3, 0.4) is 0 Å². The molecular weight excluding hydrogens is 198 g/mol. The maximum absolute atomic E-state index is 11.2. The quantitative estimate of drug-likeness (QED) is 0.730. The van der Waals surface area contributed by atoms with E-state index in [-0.39, 0.29) is 0 Å². The van der Waals surface area contributed by atoms with Crippen molar-refractivity contribution in [2.45, 2.75) is 19.8 Å². The van der Waals surface area contributed by atoms with Crippen molar-refractivity contribution in [2.24, 2.45) is 5.41 Å². The van der Waals surface area contributed by atoms with Crippen molar-refractivity contribution in [3.63, 3.8) is 0 Å². The second-order valence-corrected chi connectivity index (χ2v) is 3.99. The number of aryl methyl sites for hydroxylation is 1. The van der Waals surface area contributed by atoms with Crippen molar-refractivity contribution in [1.82, 2.24) is 15.6 Å². The molecule has 6 nitrogen and oxygen atoms in total. The Balaban J connectivity index is 2.21. The van der Waals surface area contributed by atoms with Crippen molar-refractivity contribution < 1.29 is 14.5 Å². The maximum Gasteiger partial charge on any atom is 0.311 e. The Hall–Kier alpha value is -1.43. The van der Waals surface area contributed by atoms with Crippen molar-refractivity contribution in [3.05, 3.63) is 11.4 Å². The average Bonchev–Trinajstić information content (AvgIpc) is 2.78. The number of nitrogens with zero attached hydrogens (tertiary/aromatic N) is 2. The van der Waals surface area contributed by atoms with Crippen molar-refractivity contribution in [2.75, 3.05) is 13.1 Å². The fourth-order valence-corrected chi connectivity index (χ4v) is 1.88. The molecule has 1 aromatic heterocycles. The van der Waals surface area contributed by atoms with Crippen LogP contribution in [0, 0.1) is 12.3 Å². The third kappa shape index (κ3) is 1.72. The summed E-state index contributed by atoms with van der Waals surface area (Å²) >= 11 is 0. The van der Waals surface area contributed by atoms with E-state index in [4.69, 9.17) is 0 Å². The number of hydrogen-bond acceptors (Lipinski definition) is 5. The first-order valence-electron chi connectivity index (χ1n) is 4.86. The summed E-state index contributed by atoms with van der Waals surface area (Å²) in [7, 11) is 0. The van der Waals surface area contributed by atoms with Crippen LogP contribution < -0.4 is 5.32 Å². The van der Waals surface area contributed by atoms with Gasteiger partial charge < -0.3 is 10.4 Å². The van der Waals surface area contributed by atoms with Gasteiger partial charge in [0.15, 0.2) is 0 Å². The molecule has 0 radical (unpaired) electrons. The van der Waals surface area contributed by atoms with Gasteiger partial charge in [0.1, 0.15) is 11.4 Å². The van der Waals surface area contributed by atoms with Gasteiger partial charge in [-0.2, -0.15) is 0 Å². The molecule has 0 amide bonds. The molecule has 0 aliphatic carbocycles. The highest BCUT2D eigenvalue weighted by Gasteiger charge is 2.42. The lowest BCUT2D eigenvalue weighted by molar-refractivity contribution is -0.147. The van der Waals surface area contributed by atoms with Crippen LogP contribution in [0.15, 0.2) is 4.63 Å². The molecule has 82 valence electrons. The summed E-state index contributed by atoms with van der Waals surface area (Å²) in [4.78, 5) is 11.2. The minimum atomic E-state index is -0.782. The fourth-order valence-electron chi connectivity index (χ4n) is 1.88. The van der Waals surface area contributed by atoms with E-state index in [1.165, 1.54) is 0 Å². The second-order valence-electron chi connectivity index (χ2n) is 3.99. The molecule has 1 aliphatic heterocycles. The van der Waals surface area contributed by atoms with Gasteiger partial charge in [0, 0.05) is 13.0 Å². The summed E-state index contributed by atoms with van der Waals surface area (Å²) in [5.74, 6) is -0.782. The number of aliphatic carboxylic acids is 1. The van der Waals surface area contributed by atoms with Gasteiger partial charge in [-0.25, -0.2) is 4.63 Å². The zero-order chi connectivity index (χ0) is 10.9. The predicted molar refractivity (Wildman–Crippen MR) is 50.3 cm³/mol. The summed E-state index contributed by atoms with van der Waals surface area (Å²) in [5, 5.41) is 19.7. The molecule has 1 atom stereocenters. The highest BCUT2D eigenvalue weighted by Crippen LogP contribution is 2.30. The smallest absolute Gasteiger partial charge is 0.311 e. The molecule has 0 aromatic carbocycles. The predicted octanol–water partition coefficient (Wildman–Crippen LogP) is -0.0152. The average molecular weight is 211 g/mol. The van der Waals surface area contributed by atoms with Crippen LogP contribution in [0.1, 0.15) is 17.8 Å². The molecule has 1 fully saturated rings. The molecule has 1 aliphatic rings. The molecule has 1 unspecified atom stereocenters. The number of rotatable bonds is 3. The van der Waals surface area contributed by atoms with Gasteiger partial charge in [-0.05, 0) is 19.9 Å². The second kappa shape index (κ2) is 3.62. The van der Waals surface area contributed by atoms with E-state index >= 15 is 0 Å². The molecule has 1 saturated heterocycles. The standard InChI is InChI=1S/C9H13N3O3/c1-6-7(12-15-11-6)4-9(8(13)14)2-3-10-5-9/h10H,2-5H2,1H3,(H,13,14). The number of carboxylic acid groups (broad SMARTS) is 1. The van der Waals surface area contributed by atoms with Crippen LogP contribution in [-0.4, -0.2) is 34.5 Å². The third-order valence-electron chi connectivity index (χ3n) is 2.95. The Morgan fingerprint density at radius 1 is 1.67 bits per heavy atom. The monoisotopic (exact) mass is 211 g/mol. The van der Waals surface area contributed by atoms with E-state index in [0.717, 1.165) is 6.54 Å². The van der Waals surface area contributed by atoms with Crippen LogP contribution in [0.25, 0.3) is 0 Å². The van der Waals surface area contributed by atoms with E-state index in [9.17, 15) is 9.90 Å². The van der Waals surface area contributed by atoms with E-state index in [2.05, 4.69) is 20.3 Å². The largest absolute Gasteiger partial charge is 0.481 e. The zero-order valence-corrected chi connectivity index (χ0v) is 8.49. The molecular formula is C9H13N3O3. The summed E-state index contributed by atoms with van der Waals surface area (Å²) in [5.41, 5.74) is 0.562. The highest BCUT2D eigenvalue weighted by atomic mass is 16.6. The number of hydrogen-bond donors (Lipinski definition) is 2. The molecule has 1 aromatic rings. The van der Waals surface area contributed by atoms with E-state index in [0.29, 0.717) is 30.8 Å². The van der Waals surface area contributed by atoms with Crippen molar-refractivity contribution >= 4 is 5.97 Å². The number of carbonyl (C=O) groups is 1. The summed E-state index contributed by atoms with van der Waals surface area (Å²) < 4.78 is 4.57. The van der Waals surface area contributed by atoms with Gasteiger partial charge >= 0.3 is 5.97 Å². The van der Waals surface area contributed by atoms with E-state index in [1.54, 1.807) is 6.92 Å². The van der Waals surface area contributed by atoms with Gasteiger partial charge in [0.05, 0.1) is 5.41 Å². The van der Waals surface area contributed by atoms with Crippen molar-refractivity contribution in [3.8, 4) is 0 Å². The lowest BCUT2D eigenvalue weighted by atomic mass is 9.82. The molecule has 15 heavy (non-hydrogen) atoms. The number of aromatic nitrogens is 2. The van der Waals surface area contributed by atoms with E-state index < -0.39 is 11.4 Å². The third-order valence-corrected chi connectivity index (χ3v) is 2.95. The van der Waals surface area contributed by atoms with Crippen molar-refractivity contribution in [1.29, 1.82) is 0 Å². The van der Waals surface area contributed by atoms with Crippen LogP contribution >= 0.6 is 0 Å². The molecule has 0 spiro atoms. The Kier molecular flexibility index (Phi) is 2.44. The Morgan fingerprint density at radius 3 is 2.93 bits per heavy atom. The van der Waals surface area contributed by atoms with Gasteiger partial charge in [-0.1, -0.05) is 10.3 Å². The molecule has 0 bridgehead atoms. The zero-order valence-electron chi connectivity index (χ0n) is 8.49. The summed E-state index contributed by atoms with van der Waals surface area (Å²) in [6, 6.07) is 0. The van der Waals surface area contributed by atoms with Gasteiger partial charge in [0.25, 0.3) is 0 Å². The van der Waals surface area contributed by atoms with Gasteiger partial charge in [0.2, 0.25) is 0 Å². The van der Waals surface area contributed by atoms with E-state index in [1.807, 2.05) is 0 Å². The Morgan fingerprint density at radius 2 is 2.47 bits per heavy atom. The lowest BCUT2D eigenvalue weighted by Gasteiger charge is -2.21. The first kappa shape index (κ1) is 10.1. The van der Waals surface area contributed by atoms with Crippen LogP contribution in [0.4, 0.5) is 0 Å². The topological polar surface area (TPSA) is 88.2 Å². The van der Waals surface area contributed by atoms with Crippen LogP contribution in [-0.2, 0) is 11.2 Å². The summed E-state index contributed by atoms with van der Waals surface area (Å²) in [6.07, 6.45) is 0.999. The van der Waals surface area contributed by atoms with Gasteiger partial charge in [-0.15, -0.1) is 0 Å². The lowest BCUT2D eigenvalue weighted by Crippen LogP contribution is -2.35. The number of nitrogens with one attached hydrogen (secondary N) is 1. The van der Waals surface area contributed by atoms with Crippen LogP contribution in [0.2, 0.25) is 0 Å². The maximum atomic E-state index is 11.2. The molecule has 6 heteroatoms. The minimum Gasteiger partial charge on any atom is -0.481 e. The fraction of sp³-hybridized carbons (Fsp3) is 0.667. The molecule has 2 heterocycles. The first-order chi connectivity index (χ1) is 7.14. The number of carboxylic acids is 1. The molecule has 2 N–H and O–H groups in total.